The molecule has 0 bridgehead atoms. The molecule has 37 heavy (non-hydrogen) atoms. The molecule has 8 nitrogen and oxygen atoms in total. The first-order valence-corrected chi connectivity index (χ1v) is 12.0. The van der Waals surface area contributed by atoms with Crippen LogP contribution in [0.2, 0.25) is 0 Å². The van der Waals surface area contributed by atoms with Crippen molar-refractivity contribution < 1.29 is 31.5 Å². The zero-order valence-electron chi connectivity index (χ0n) is 19.7. The van der Waals surface area contributed by atoms with Gasteiger partial charge in [-0.2, -0.15) is 13.2 Å². The number of fused-ring (bicyclic) bond motifs is 1. The highest BCUT2D eigenvalue weighted by atomic mass is 19.4. The number of H-pyrrole nitrogens is 1. The van der Waals surface area contributed by atoms with Crippen molar-refractivity contribution in [1.29, 1.82) is 0 Å². The summed E-state index contributed by atoms with van der Waals surface area (Å²) in [6.07, 6.45) is -0.167. The molecular weight excluding hydrogens is 499 g/mol. The van der Waals surface area contributed by atoms with Crippen LogP contribution in [0.5, 0.6) is 0 Å². The third-order valence-electron chi connectivity index (χ3n) is 6.68. The molecule has 1 saturated carbocycles. The number of nitrogens with zero attached hydrogens (tertiary/aromatic N) is 3. The van der Waals surface area contributed by atoms with Crippen molar-refractivity contribution >= 4 is 22.9 Å². The number of ether oxygens (including phenoxy) is 1. The average molecular weight is 524 g/mol. The third-order valence-corrected chi connectivity index (χ3v) is 6.68. The number of aromatic nitrogens is 3. The van der Waals surface area contributed by atoms with Gasteiger partial charge in [0.05, 0.1) is 30.7 Å². The molecule has 1 aliphatic carbocycles. The minimum absolute atomic E-state index is 0.0447. The van der Waals surface area contributed by atoms with Gasteiger partial charge in [-0.3, -0.25) is 0 Å². The third kappa shape index (κ3) is 5.45. The zero-order chi connectivity index (χ0) is 26.2. The summed E-state index contributed by atoms with van der Waals surface area (Å²) in [4.78, 5) is 24.8. The van der Waals surface area contributed by atoms with E-state index in [0.29, 0.717) is 45.2 Å². The van der Waals surface area contributed by atoms with Crippen LogP contribution in [0.1, 0.15) is 31.2 Å². The van der Waals surface area contributed by atoms with Crippen LogP contribution in [0, 0.1) is 11.6 Å². The molecule has 198 valence electrons. The van der Waals surface area contributed by atoms with Crippen molar-refractivity contribution in [3.63, 3.8) is 0 Å². The minimum atomic E-state index is -4.90. The molecule has 4 heterocycles. The Kier molecular flexibility index (Phi) is 6.88. The van der Waals surface area contributed by atoms with Gasteiger partial charge in [0.2, 0.25) is 0 Å². The highest BCUT2D eigenvalue weighted by molar-refractivity contribution is 5.93. The van der Waals surface area contributed by atoms with Crippen molar-refractivity contribution in [3.05, 3.63) is 41.7 Å². The Morgan fingerprint density at radius 1 is 1.14 bits per heavy atom. The number of alkyl halides is 3. The molecule has 2 fully saturated rings. The molecular formula is C24H25F5N6O2. The number of pyridine rings is 2. The molecule has 0 radical (unpaired) electrons. The van der Waals surface area contributed by atoms with Crippen LogP contribution < -0.4 is 10.6 Å². The van der Waals surface area contributed by atoms with Crippen LogP contribution in [0.4, 0.5) is 32.6 Å². The lowest BCUT2D eigenvalue weighted by atomic mass is 9.91. The second kappa shape index (κ2) is 10.1. The van der Waals surface area contributed by atoms with Gasteiger partial charge in [-0.15, -0.1) is 0 Å². The highest BCUT2D eigenvalue weighted by Gasteiger charge is 2.37. The Morgan fingerprint density at radius 3 is 2.65 bits per heavy atom. The zero-order valence-corrected chi connectivity index (χ0v) is 19.7. The summed E-state index contributed by atoms with van der Waals surface area (Å²) in [6, 6.07) is 0.750. The van der Waals surface area contributed by atoms with Gasteiger partial charge in [0.15, 0.2) is 11.6 Å². The van der Waals surface area contributed by atoms with E-state index in [-0.39, 0.29) is 40.5 Å². The number of hydrogen-bond acceptors (Lipinski definition) is 5. The number of carbonyl (C=O) groups is 1. The van der Waals surface area contributed by atoms with E-state index in [0.717, 1.165) is 25.1 Å². The quantitative estimate of drug-likeness (QED) is 0.431. The van der Waals surface area contributed by atoms with Crippen molar-refractivity contribution in [1.82, 2.24) is 25.2 Å². The van der Waals surface area contributed by atoms with Gasteiger partial charge in [0.25, 0.3) is 0 Å². The fraction of sp³-hybridized carbons (Fsp3) is 0.458. The molecule has 3 aromatic heterocycles. The second-order valence-electron chi connectivity index (χ2n) is 9.22. The molecule has 5 rings (SSSR count). The minimum Gasteiger partial charge on any atom is -0.378 e. The number of amides is 2. The second-order valence-corrected chi connectivity index (χ2v) is 9.22. The van der Waals surface area contributed by atoms with Crippen LogP contribution >= 0.6 is 0 Å². The summed E-state index contributed by atoms with van der Waals surface area (Å²) in [6.45, 7) is 1.94. The first kappa shape index (κ1) is 25.2. The predicted octanol–water partition coefficient (Wildman–Crippen LogP) is 4.69. The van der Waals surface area contributed by atoms with Crippen molar-refractivity contribution in [2.75, 3.05) is 31.6 Å². The first-order valence-electron chi connectivity index (χ1n) is 12.0. The van der Waals surface area contributed by atoms with E-state index < -0.39 is 29.1 Å². The fourth-order valence-corrected chi connectivity index (χ4v) is 4.86. The molecule has 2 aliphatic rings. The topological polar surface area (TPSA) is 95.2 Å². The number of halogens is 5. The highest BCUT2D eigenvalue weighted by Crippen LogP contribution is 2.40. The van der Waals surface area contributed by atoms with Crippen LogP contribution in [-0.4, -0.2) is 64.3 Å². The first-order chi connectivity index (χ1) is 17.7. The molecule has 1 aliphatic heterocycles. The van der Waals surface area contributed by atoms with Gasteiger partial charge < -0.3 is 25.3 Å². The Labute approximate surface area is 208 Å². The summed E-state index contributed by atoms with van der Waals surface area (Å²) in [5.41, 5.74) is -1.68. The molecule has 2 atom stereocenters. The Bertz CT molecular complexity index is 1290. The van der Waals surface area contributed by atoms with Gasteiger partial charge in [0.1, 0.15) is 11.5 Å². The SMILES string of the molecule is O=C(N[C@H]1CCC[C@@H](Nc2nc(-c3c[nH]c4ncc(F)cc34)c(C(F)(F)F)cc2F)C1)N1CCOCC1. The molecule has 0 aromatic carbocycles. The van der Waals surface area contributed by atoms with Gasteiger partial charge in [-0.25, -0.2) is 23.5 Å². The Hall–Kier alpha value is -3.48. The Morgan fingerprint density at radius 2 is 1.89 bits per heavy atom. The molecule has 0 spiro atoms. The number of rotatable bonds is 4. The van der Waals surface area contributed by atoms with Crippen molar-refractivity contribution in [3.8, 4) is 11.3 Å². The summed E-state index contributed by atoms with van der Waals surface area (Å²) in [7, 11) is 0. The van der Waals surface area contributed by atoms with Crippen LogP contribution in [0.3, 0.4) is 0 Å². The molecule has 1 saturated heterocycles. The number of morpholine rings is 1. The molecule has 2 amide bonds. The van der Waals surface area contributed by atoms with Crippen molar-refractivity contribution in [2.45, 2.75) is 43.9 Å². The number of carbonyl (C=O) groups excluding carboxylic acids is 1. The lowest BCUT2D eigenvalue weighted by molar-refractivity contribution is -0.137. The molecule has 3 N–H and O–H groups in total. The largest absolute Gasteiger partial charge is 0.418 e. The summed E-state index contributed by atoms with van der Waals surface area (Å²) < 4.78 is 75.5. The van der Waals surface area contributed by atoms with E-state index in [1.54, 1.807) is 4.90 Å². The van der Waals surface area contributed by atoms with Gasteiger partial charge in [-0.05, 0) is 37.8 Å². The van der Waals surface area contributed by atoms with E-state index >= 15 is 0 Å². The Balaban J connectivity index is 1.39. The van der Waals surface area contributed by atoms with E-state index in [2.05, 4.69) is 25.6 Å². The monoisotopic (exact) mass is 524 g/mol. The standard InChI is InChI=1S/C24H25F5N6O2/c25-13-8-16-17(12-31-21(16)30-11-13)20-18(24(27,28)29)10-19(26)22(34-20)32-14-2-1-3-15(9-14)33-23(36)35-4-6-37-7-5-35/h8,10-12,14-15H,1-7,9H2,(H,30,31)(H,32,34)(H,33,36)/t14-,15+/m1/s1. The number of nitrogens with one attached hydrogen (secondary N) is 3. The van der Waals surface area contributed by atoms with Crippen LogP contribution in [0.25, 0.3) is 22.3 Å². The van der Waals surface area contributed by atoms with E-state index in [9.17, 15) is 26.7 Å². The molecule has 13 heteroatoms. The van der Waals surface area contributed by atoms with Crippen LogP contribution in [-0.2, 0) is 10.9 Å². The van der Waals surface area contributed by atoms with E-state index in [4.69, 9.17) is 4.74 Å². The number of aromatic amines is 1. The molecule has 3 aromatic rings. The summed E-state index contributed by atoms with van der Waals surface area (Å²) in [5, 5.41) is 6.02. The number of anilines is 1. The predicted molar refractivity (Wildman–Crippen MR) is 125 cm³/mol. The lowest BCUT2D eigenvalue weighted by Crippen LogP contribution is -2.51. The van der Waals surface area contributed by atoms with E-state index in [1.807, 2.05) is 0 Å². The maximum atomic E-state index is 14.9. The maximum Gasteiger partial charge on any atom is 0.418 e. The summed E-state index contributed by atoms with van der Waals surface area (Å²) >= 11 is 0. The van der Waals surface area contributed by atoms with Gasteiger partial charge >= 0.3 is 12.2 Å². The van der Waals surface area contributed by atoms with Crippen LogP contribution in [0.15, 0.2) is 24.5 Å². The lowest BCUT2D eigenvalue weighted by Gasteiger charge is -2.33. The van der Waals surface area contributed by atoms with Gasteiger partial charge in [-0.1, -0.05) is 0 Å². The van der Waals surface area contributed by atoms with E-state index in [1.165, 1.54) is 6.20 Å². The molecule has 0 unspecified atom stereocenters. The fourth-order valence-electron chi connectivity index (χ4n) is 4.86. The smallest absolute Gasteiger partial charge is 0.378 e. The number of hydrogen-bond donors (Lipinski definition) is 3. The normalized spacial score (nSPS) is 20.7. The van der Waals surface area contributed by atoms with Gasteiger partial charge in [0, 0.05) is 42.3 Å². The summed E-state index contributed by atoms with van der Waals surface area (Å²) in [5.74, 6) is -2.22. The van der Waals surface area contributed by atoms with Crippen molar-refractivity contribution in [2.24, 2.45) is 0 Å². The maximum absolute atomic E-state index is 14.9. The number of urea groups is 1. The average Bonchev–Trinajstić information content (AvgIpc) is 3.28.